The fourth-order valence-corrected chi connectivity index (χ4v) is 3.47. The van der Waals surface area contributed by atoms with E-state index in [0.717, 1.165) is 0 Å². The second-order valence-corrected chi connectivity index (χ2v) is 9.12. The quantitative estimate of drug-likeness (QED) is 0.0501. The van der Waals surface area contributed by atoms with E-state index in [-0.39, 0.29) is 43.9 Å². The maximum atomic E-state index is 13.0. The Balaban J connectivity index is 2.95. The van der Waals surface area contributed by atoms with Crippen LogP contribution in [0, 0.1) is 0 Å². The summed E-state index contributed by atoms with van der Waals surface area (Å²) in [5.41, 5.74) is 22.0. The predicted molar refractivity (Wildman–Crippen MR) is 143 cm³/mol. The number of aliphatic hydroxyl groups excluding tert-OH is 1. The zero-order valence-electron chi connectivity index (χ0n) is 22.1. The lowest BCUT2D eigenvalue weighted by Crippen LogP contribution is -2.60. The highest BCUT2D eigenvalue weighted by Crippen LogP contribution is 2.12. The van der Waals surface area contributed by atoms with Crippen LogP contribution in [0.15, 0.2) is 29.3 Å². The summed E-state index contributed by atoms with van der Waals surface area (Å²) in [5, 5.41) is 36.1. The summed E-state index contributed by atoms with van der Waals surface area (Å²) in [5.74, 6) is -4.97. The summed E-state index contributed by atoms with van der Waals surface area (Å²) < 4.78 is 0. The number of aliphatic hydroxyl groups is 1. The van der Waals surface area contributed by atoms with E-state index < -0.39 is 59.9 Å². The summed E-state index contributed by atoms with van der Waals surface area (Å²) in [7, 11) is 0. The second kappa shape index (κ2) is 16.5. The molecule has 5 unspecified atom stereocenters. The van der Waals surface area contributed by atoms with E-state index >= 15 is 0 Å². The summed E-state index contributed by atoms with van der Waals surface area (Å²) in [6.45, 7) is 1.45. The van der Waals surface area contributed by atoms with Crippen LogP contribution in [0.3, 0.4) is 0 Å². The molecule has 14 N–H and O–H groups in total. The minimum atomic E-state index is -1.53. The number of guanidine groups is 1. The minimum absolute atomic E-state index is 0.0273. The van der Waals surface area contributed by atoms with Crippen LogP contribution in [0.4, 0.5) is 0 Å². The molecule has 0 aliphatic heterocycles. The molecule has 16 nitrogen and oxygen atoms in total. The van der Waals surface area contributed by atoms with Gasteiger partial charge in [0.1, 0.15) is 23.9 Å². The number of nitrogens with one attached hydrogen (secondary N) is 3. The van der Waals surface area contributed by atoms with Crippen LogP contribution in [0.25, 0.3) is 0 Å². The van der Waals surface area contributed by atoms with Crippen molar-refractivity contribution in [3.63, 3.8) is 0 Å². The first kappa shape index (κ1) is 33.6. The number of carboxylic acid groups (broad SMARTS) is 1. The number of carboxylic acids is 1. The van der Waals surface area contributed by atoms with Gasteiger partial charge in [-0.15, -0.1) is 0 Å². The summed E-state index contributed by atoms with van der Waals surface area (Å²) in [4.78, 5) is 65.4. The lowest BCUT2D eigenvalue weighted by Gasteiger charge is -2.26. The van der Waals surface area contributed by atoms with Gasteiger partial charge in [-0.1, -0.05) is 12.1 Å². The van der Waals surface area contributed by atoms with Crippen molar-refractivity contribution in [1.29, 1.82) is 0 Å². The van der Waals surface area contributed by atoms with Gasteiger partial charge in [0.15, 0.2) is 5.96 Å². The molecule has 0 heterocycles. The van der Waals surface area contributed by atoms with Crippen LogP contribution >= 0.6 is 0 Å². The van der Waals surface area contributed by atoms with E-state index in [1.54, 1.807) is 0 Å². The molecule has 40 heavy (non-hydrogen) atoms. The molecule has 5 atom stereocenters. The van der Waals surface area contributed by atoms with E-state index in [4.69, 9.17) is 22.9 Å². The molecule has 1 aromatic carbocycles. The molecule has 1 aromatic rings. The number of phenols is 1. The molecule has 16 heteroatoms. The Bertz CT molecular complexity index is 1060. The molecule has 1 rings (SSSR count). The number of carbonyl (C=O) groups is 5. The highest BCUT2D eigenvalue weighted by atomic mass is 16.4. The number of amides is 4. The van der Waals surface area contributed by atoms with Gasteiger partial charge in [0.25, 0.3) is 0 Å². The highest BCUT2D eigenvalue weighted by molar-refractivity contribution is 5.94. The van der Waals surface area contributed by atoms with Gasteiger partial charge in [-0.25, -0.2) is 4.79 Å². The van der Waals surface area contributed by atoms with Gasteiger partial charge in [-0.2, -0.15) is 0 Å². The third kappa shape index (κ3) is 12.4. The van der Waals surface area contributed by atoms with Crippen molar-refractivity contribution in [3.8, 4) is 5.75 Å². The van der Waals surface area contributed by atoms with Gasteiger partial charge in [0.2, 0.25) is 23.6 Å². The lowest BCUT2D eigenvalue weighted by molar-refractivity contribution is -0.142. The Hall–Kier alpha value is -4.44. The molecule has 0 saturated heterocycles. The molecule has 0 bridgehead atoms. The molecule has 0 saturated carbocycles. The predicted octanol–water partition coefficient (Wildman–Crippen LogP) is -3.50. The number of rotatable bonds is 17. The van der Waals surface area contributed by atoms with Gasteiger partial charge >= 0.3 is 5.97 Å². The van der Waals surface area contributed by atoms with Crippen LogP contribution in [0.5, 0.6) is 5.75 Å². The third-order valence-corrected chi connectivity index (χ3v) is 5.67. The van der Waals surface area contributed by atoms with E-state index in [1.807, 2.05) is 0 Å². The van der Waals surface area contributed by atoms with E-state index in [1.165, 1.54) is 31.2 Å². The topological polar surface area (TPSA) is 299 Å². The van der Waals surface area contributed by atoms with E-state index in [0.29, 0.717) is 12.0 Å². The van der Waals surface area contributed by atoms with Crippen LogP contribution in [-0.2, 0) is 30.4 Å². The summed E-state index contributed by atoms with van der Waals surface area (Å²) in [6.07, 6.45) is -1.66. The lowest BCUT2D eigenvalue weighted by atomic mass is 10.0. The fourth-order valence-electron chi connectivity index (χ4n) is 3.47. The minimum Gasteiger partial charge on any atom is -0.508 e. The Morgan fingerprint density at radius 1 is 0.900 bits per heavy atom. The first-order valence-corrected chi connectivity index (χ1v) is 12.4. The number of nitrogens with zero attached hydrogens (tertiary/aromatic N) is 1. The van der Waals surface area contributed by atoms with Crippen molar-refractivity contribution in [1.82, 2.24) is 16.0 Å². The zero-order valence-corrected chi connectivity index (χ0v) is 22.1. The van der Waals surface area contributed by atoms with Crippen LogP contribution in [-0.4, -0.2) is 87.7 Å². The Morgan fingerprint density at radius 3 is 2.02 bits per heavy atom. The molecular formula is C24H38N8O8. The van der Waals surface area contributed by atoms with Gasteiger partial charge in [0, 0.05) is 19.4 Å². The third-order valence-electron chi connectivity index (χ3n) is 5.67. The smallest absolute Gasteiger partial charge is 0.326 e. The summed E-state index contributed by atoms with van der Waals surface area (Å²) in [6, 6.07) is 0.207. The normalized spacial score (nSPS) is 14.5. The van der Waals surface area contributed by atoms with Crippen molar-refractivity contribution < 1.29 is 39.3 Å². The van der Waals surface area contributed by atoms with Gasteiger partial charge < -0.3 is 54.2 Å². The van der Waals surface area contributed by atoms with Crippen LogP contribution in [0.2, 0.25) is 0 Å². The van der Waals surface area contributed by atoms with Gasteiger partial charge in [-0.3, -0.25) is 24.2 Å². The maximum Gasteiger partial charge on any atom is 0.326 e. The number of nitrogens with two attached hydrogens (primary N) is 4. The van der Waals surface area contributed by atoms with E-state index in [2.05, 4.69) is 20.9 Å². The van der Waals surface area contributed by atoms with E-state index in [9.17, 15) is 39.3 Å². The van der Waals surface area contributed by atoms with Crippen molar-refractivity contribution in [2.75, 3.05) is 6.54 Å². The SMILES string of the molecule is CC(O)C(NC(=O)C(N)CCCN=C(N)N)C(=O)NC(CCC(N)=O)C(=O)NC(Cc1ccc(O)cc1)C(=O)O. The van der Waals surface area contributed by atoms with Gasteiger partial charge in [-0.05, 0) is 43.9 Å². The molecule has 0 radical (unpaired) electrons. The van der Waals surface area contributed by atoms with Crippen molar-refractivity contribution in [2.45, 2.75) is 69.3 Å². The number of aliphatic carboxylic acids is 1. The number of primary amides is 1. The number of benzene rings is 1. The Morgan fingerprint density at radius 2 is 1.50 bits per heavy atom. The zero-order chi connectivity index (χ0) is 30.4. The maximum absolute atomic E-state index is 13.0. The monoisotopic (exact) mass is 566 g/mol. The number of aliphatic imine (C=N–C) groups is 1. The largest absolute Gasteiger partial charge is 0.508 e. The fraction of sp³-hybridized carbons (Fsp3) is 0.500. The first-order valence-electron chi connectivity index (χ1n) is 12.4. The first-order chi connectivity index (χ1) is 18.7. The highest BCUT2D eigenvalue weighted by Gasteiger charge is 2.32. The summed E-state index contributed by atoms with van der Waals surface area (Å²) >= 11 is 0. The number of phenolic OH excluding ortho intramolecular Hbond substituents is 1. The Kier molecular flexibility index (Phi) is 13.9. The average molecular weight is 567 g/mol. The number of hydrogen-bond donors (Lipinski definition) is 10. The van der Waals surface area contributed by atoms with Crippen molar-refractivity contribution >= 4 is 35.6 Å². The molecule has 0 aliphatic carbocycles. The molecule has 0 aromatic heterocycles. The molecule has 222 valence electrons. The van der Waals surface area contributed by atoms with Crippen molar-refractivity contribution in [2.24, 2.45) is 27.9 Å². The molecule has 0 spiro atoms. The molecule has 4 amide bonds. The molecule has 0 aliphatic rings. The number of carbonyl (C=O) groups excluding carboxylic acids is 4. The second-order valence-electron chi connectivity index (χ2n) is 9.12. The molecular weight excluding hydrogens is 528 g/mol. The number of aromatic hydroxyl groups is 1. The molecule has 0 fully saturated rings. The van der Waals surface area contributed by atoms with Crippen molar-refractivity contribution in [3.05, 3.63) is 29.8 Å². The Labute approximate surface area is 230 Å². The standard InChI is InChI=1S/C24H38N8O8/c1-12(33)19(32-20(36)15(25)3-2-10-29-24(27)28)22(38)30-16(8-9-18(26)35)21(37)31-17(23(39)40)11-13-4-6-14(34)7-5-13/h4-7,12,15-17,19,33-34H,2-3,8-11,25H2,1H3,(H2,26,35)(H,30,38)(H,31,37)(H,32,36)(H,39,40)(H4,27,28,29). The average Bonchev–Trinajstić information content (AvgIpc) is 2.87. The van der Waals surface area contributed by atoms with Crippen LogP contribution < -0.4 is 38.9 Å². The van der Waals surface area contributed by atoms with Crippen LogP contribution in [0.1, 0.15) is 38.2 Å². The number of hydrogen-bond acceptors (Lipinski definition) is 9. The van der Waals surface area contributed by atoms with Gasteiger partial charge in [0.05, 0.1) is 12.1 Å².